The van der Waals surface area contributed by atoms with Crippen molar-refractivity contribution in [1.29, 1.82) is 0 Å². The molecular weight excluding hydrogens is 242 g/mol. The van der Waals surface area contributed by atoms with Gasteiger partial charge in [0.1, 0.15) is 0 Å². The normalized spacial score (nSPS) is 12.4. The molecule has 4 heteroatoms. The van der Waals surface area contributed by atoms with Gasteiger partial charge in [0.05, 0.1) is 19.3 Å². The third-order valence-corrected chi connectivity index (χ3v) is 3.15. The summed E-state index contributed by atoms with van der Waals surface area (Å²) in [7, 11) is 3.39. The van der Waals surface area contributed by atoms with E-state index in [1.165, 1.54) is 0 Å². The zero-order chi connectivity index (χ0) is 14.1. The Hall–Kier alpha value is -1.10. The van der Waals surface area contributed by atoms with Gasteiger partial charge < -0.3 is 19.5 Å². The van der Waals surface area contributed by atoms with E-state index in [-0.39, 0.29) is 0 Å². The van der Waals surface area contributed by atoms with Crippen molar-refractivity contribution >= 4 is 5.69 Å². The van der Waals surface area contributed by atoms with Gasteiger partial charge in [0.15, 0.2) is 0 Å². The second-order valence-corrected chi connectivity index (χ2v) is 4.46. The Labute approximate surface area is 115 Å². The molecule has 0 amide bonds. The van der Waals surface area contributed by atoms with E-state index >= 15 is 0 Å². The number of ether oxygens (including phenoxy) is 2. The van der Waals surface area contributed by atoms with Gasteiger partial charge in [-0.25, -0.2) is 0 Å². The molecule has 0 aliphatic carbocycles. The molecule has 19 heavy (non-hydrogen) atoms. The molecule has 1 aromatic carbocycles. The lowest BCUT2D eigenvalue weighted by atomic mass is 10.0. The highest BCUT2D eigenvalue weighted by atomic mass is 16.5. The highest BCUT2D eigenvalue weighted by Crippen LogP contribution is 2.27. The van der Waals surface area contributed by atoms with Gasteiger partial charge in [0, 0.05) is 38.6 Å². The predicted octanol–water partition coefficient (Wildman–Crippen LogP) is 2.23. The summed E-state index contributed by atoms with van der Waals surface area (Å²) in [5.41, 5.74) is 2.03. The summed E-state index contributed by atoms with van der Waals surface area (Å²) < 4.78 is 10.3. The van der Waals surface area contributed by atoms with Gasteiger partial charge in [-0.3, -0.25) is 0 Å². The van der Waals surface area contributed by atoms with E-state index in [1.54, 1.807) is 14.2 Å². The summed E-state index contributed by atoms with van der Waals surface area (Å²) in [5, 5.41) is 10.1. The molecule has 0 saturated heterocycles. The molecule has 4 nitrogen and oxygen atoms in total. The van der Waals surface area contributed by atoms with E-state index in [4.69, 9.17) is 9.47 Å². The summed E-state index contributed by atoms with van der Waals surface area (Å²) in [6.07, 6.45) is 0.281. The highest BCUT2D eigenvalue weighted by Gasteiger charge is 2.15. The molecule has 108 valence electrons. The third kappa shape index (κ3) is 4.82. The first-order valence-electron chi connectivity index (χ1n) is 6.74. The standard InChI is InChI=1S/C15H25NO3/c1-4-15(17)13-7-5-6-8-14(13)16(9-11-18-2)10-12-19-3/h5-8,15,17H,4,9-12H2,1-3H3. The summed E-state index contributed by atoms with van der Waals surface area (Å²) in [6.45, 7) is 4.86. The molecule has 0 radical (unpaired) electrons. The first-order chi connectivity index (χ1) is 9.24. The van der Waals surface area contributed by atoms with Crippen molar-refractivity contribution in [2.45, 2.75) is 19.4 Å². The monoisotopic (exact) mass is 267 g/mol. The second-order valence-electron chi connectivity index (χ2n) is 4.46. The lowest BCUT2D eigenvalue weighted by Crippen LogP contribution is -2.31. The molecule has 1 aromatic rings. The van der Waals surface area contributed by atoms with E-state index in [0.29, 0.717) is 19.6 Å². The van der Waals surface area contributed by atoms with Crippen LogP contribution in [-0.4, -0.2) is 45.6 Å². The fourth-order valence-electron chi connectivity index (χ4n) is 2.03. The molecule has 1 unspecified atom stereocenters. The van der Waals surface area contributed by atoms with Crippen LogP contribution in [0.5, 0.6) is 0 Å². The summed E-state index contributed by atoms with van der Waals surface area (Å²) in [4.78, 5) is 2.20. The van der Waals surface area contributed by atoms with E-state index < -0.39 is 6.10 Å². The largest absolute Gasteiger partial charge is 0.388 e. The molecule has 1 rings (SSSR count). The molecule has 0 aliphatic rings. The number of anilines is 1. The number of aliphatic hydroxyl groups excluding tert-OH is 1. The van der Waals surface area contributed by atoms with Crippen LogP contribution in [0.25, 0.3) is 0 Å². The Morgan fingerprint density at radius 3 is 2.21 bits per heavy atom. The van der Waals surface area contributed by atoms with Crippen molar-refractivity contribution in [1.82, 2.24) is 0 Å². The Kier molecular flexibility index (Phi) is 7.48. The predicted molar refractivity (Wildman–Crippen MR) is 77.7 cm³/mol. The maximum absolute atomic E-state index is 10.1. The molecule has 0 spiro atoms. The van der Waals surface area contributed by atoms with Crippen molar-refractivity contribution in [3.63, 3.8) is 0 Å². The van der Waals surface area contributed by atoms with Crippen LogP contribution < -0.4 is 4.90 Å². The van der Waals surface area contributed by atoms with Crippen molar-refractivity contribution in [3.8, 4) is 0 Å². The number of aliphatic hydroxyl groups is 1. The second kappa shape index (κ2) is 8.91. The Bertz CT molecular complexity index is 349. The molecule has 1 N–H and O–H groups in total. The van der Waals surface area contributed by atoms with Crippen molar-refractivity contribution in [3.05, 3.63) is 29.8 Å². The minimum Gasteiger partial charge on any atom is -0.388 e. The lowest BCUT2D eigenvalue weighted by molar-refractivity contribution is 0.172. The van der Waals surface area contributed by atoms with Gasteiger partial charge in [0.2, 0.25) is 0 Å². The van der Waals surface area contributed by atoms with Crippen molar-refractivity contribution in [2.24, 2.45) is 0 Å². The van der Waals surface area contributed by atoms with Crippen molar-refractivity contribution < 1.29 is 14.6 Å². The van der Waals surface area contributed by atoms with Gasteiger partial charge >= 0.3 is 0 Å². The van der Waals surface area contributed by atoms with Gasteiger partial charge in [0.25, 0.3) is 0 Å². The van der Waals surface area contributed by atoms with Crippen LogP contribution in [0.15, 0.2) is 24.3 Å². The highest BCUT2D eigenvalue weighted by molar-refractivity contribution is 5.54. The molecule has 0 aliphatic heterocycles. The van der Waals surface area contributed by atoms with Crippen LogP contribution in [0.1, 0.15) is 25.0 Å². The SMILES string of the molecule is CCC(O)c1ccccc1N(CCOC)CCOC. The molecule has 1 atom stereocenters. The topological polar surface area (TPSA) is 41.9 Å². The zero-order valence-corrected chi connectivity index (χ0v) is 12.1. The smallest absolute Gasteiger partial charge is 0.0807 e. The first kappa shape index (κ1) is 16.0. The minimum absolute atomic E-state index is 0.427. The molecule has 0 fully saturated rings. The fraction of sp³-hybridized carbons (Fsp3) is 0.600. The Balaban J connectivity index is 2.92. The van der Waals surface area contributed by atoms with Crippen LogP contribution in [0.4, 0.5) is 5.69 Å². The fourth-order valence-corrected chi connectivity index (χ4v) is 2.03. The third-order valence-electron chi connectivity index (χ3n) is 3.15. The number of nitrogens with zero attached hydrogens (tertiary/aromatic N) is 1. The number of methoxy groups -OCH3 is 2. The van der Waals surface area contributed by atoms with Gasteiger partial charge in [-0.05, 0) is 12.5 Å². The number of para-hydroxylation sites is 1. The van der Waals surface area contributed by atoms with E-state index in [2.05, 4.69) is 4.90 Å². The quantitative estimate of drug-likeness (QED) is 0.745. The maximum Gasteiger partial charge on any atom is 0.0807 e. The Morgan fingerprint density at radius 1 is 1.11 bits per heavy atom. The lowest BCUT2D eigenvalue weighted by Gasteiger charge is -2.28. The number of hydrogen-bond donors (Lipinski definition) is 1. The van der Waals surface area contributed by atoms with Crippen LogP contribution in [0.2, 0.25) is 0 Å². The summed E-state index contributed by atoms with van der Waals surface area (Å²) >= 11 is 0. The number of benzene rings is 1. The van der Waals surface area contributed by atoms with Crippen LogP contribution >= 0.6 is 0 Å². The average Bonchev–Trinajstić information content (AvgIpc) is 2.47. The maximum atomic E-state index is 10.1. The van der Waals surface area contributed by atoms with E-state index in [0.717, 1.165) is 24.3 Å². The van der Waals surface area contributed by atoms with E-state index in [1.807, 2.05) is 31.2 Å². The summed E-state index contributed by atoms with van der Waals surface area (Å²) in [5.74, 6) is 0. The number of rotatable bonds is 9. The summed E-state index contributed by atoms with van der Waals surface area (Å²) in [6, 6.07) is 7.98. The van der Waals surface area contributed by atoms with Gasteiger partial charge in [-0.15, -0.1) is 0 Å². The molecule has 0 aromatic heterocycles. The van der Waals surface area contributed by atoms with Gasteiger partial charge in [-0.1, -0.05) is 25.1 Å². The Morgan fingerprint density at radius 2 is 1.68 bits per heavy atom. The van der Waals surface area contributed by atoms with Crippen molar-refractivity contribution in [2.75, 3.05) is 45.4 Å². The van der Waals surface area contributed by atoms with Crippen LogP contribution in [0.3, 0.4) is 0 Å². The zero-order valence-electron chi connectivity index (χ0n) is 12.1. The number of hydrogen-bond acceptors (Lipinski definition) is 4. The van der Waals surface area contributed by atoms with Gasteiger partial charge in [-0.2, -0.15) is 0 Å². The molecule has 0 saturated carbocycles. The average molecular weight is 267 g/mol. The molecule has 0 heterocycles. The first-order valence-corrected chi connectivity index (χ1v) is 6.74. The minimum atomic E-state index is -0.427. The molecular formula is C15H25NO3. The van der Waals surface area contributed by atoms with Crippen LogP contribution in [0, 0.1) is 0 Å². The van der Waals surface area contributed by atoms with E-state index in [9.17, 15) is 5.11 Å². The molecule has 0 bridgehead atoms. The van der Waals surface area contributed by atoms with Crippen LogP contribution in [-0.2, 0) is 9.47 Å².